The second-order valence-corrected chi connectivity index (χ2v) is 4.21. The third kappa shape index (κ3) is 2.47. The number of hydrogen-bond acceptors (Lipinski definition) is 6. The summed E-state index contributed by atoms with van der Waals surface area (Å²) in [6.45, 7) is 0. The fourth-order valence-corrected chi connectivity index (χ4v) is 2.28. The lowest BCUT2D eigenvalue weighted by molar-refractivity contribution is 0.234. The van der Waals surface area contributed by atoms with Crippen LogP contribution >= 0.6 is 23.7 Å². The van der Waals surface area contributed by atoms with E-state index in [2.05, 4.69) is 4.98 Å². The van der Waals surface area contributed by atoms with Crippen LogP contribution in [0.25, 0.3) is 10.2 Å². The van der Waals surface area contributed by atoms with Crippen molar-refractivity contribution in [3.63, 3.8) is 0 Å². The minimum Gasteiger partial charge on any atom is -0.493 e. The Kier molecular flexibility index (Phi) is 4.71. The number of rotatable bonds is 3. The molecule has 0 spiro atoms. The number of hydrogen-bond donors (Lipinski definition) is 3. The topological polar surface area (TPSA) is 87.5 Å². The zero-order valence-corrected chi connectivity index (χ0v) is 11.3. The molecule has 3 N–H and O–H groups in total. The zero-order valence-electron chi connectivity index (χ0n) is 9.68. The smallest absolute Gasteiger partial charge is 0.178 e. The minimum atomic E-state index is -0.135. The van der Waals surface area contributed by atoms with E-state index in [-0.39, 0.29) is 18.2 Å². The predicted octanol–water partition coefficient (Wildman–Crippen LogP) is 2.04. The molecule has 0 aliphatic rings. The van der Waals surface area contributed by atoms with Crippen molar-refractivity contribution in [3.8, 4) is 11.5 Å². The Morgan fingerprint density at radius 2 is 1.94 bits per heavy atom. The number of aromatic nitrogens is 1. The third-order valence-corrected chi connectivity index (χ3v) is 3.26. The molecule has 0 fully saturated rings. The number of amidine groups is 1. The van der Waals surface area contributed by atoms with Gasteiger partial charge in [0.05, 0.1) is 24.4 Å². The van der Waals surface area contributed by atoms with Gasteiger partial charge >= 0.3 is 0 Å². The van der Waals surface area contributed by atoms with Crippen molar-refractivity contribution in [3.05, 3.63) is 17.1 Å². The molecule has 1 aromatic heterocycles. The normalized spacial score (nSPS) is 9.72. The van der Waals surface area contributed by atoms with Crippen LogP contribution < -0.4 is 15.0 Å². The lowest BCUT2D eigenvalue weighted by atomic mass is 10.3. The molecule has 0 saturated carbocycles. The molecule has 1 heterocycles. The van der Waals surface area contributed by atoms with Crippen molar-refractivity contribution < 1.29 is 14.7 Å². The molecule has 0 radical (unpaired) electrons. The van der Waals surface area contributed by atoms with Crippen LogP contribution in [-0.2, 0) is 0 Å². The van der Waals surface area contributed by atoms with Crippen LogP contribution in [0.4, 0.5) is 0 Å². The van der Waals surface area contributed by atoms with Crippen molar-refractivity contribution in [2.24, 2.45) is 0 Å². The molecule has 0 bridgehead atoms. The van der Waals surface area contributed by atoms with Crippen LogP contribution in [0, 0.1) is 5.41 Å². The highest BCUT2D eigenvalue weighted by Gasteiger charge is 2.12. The maximum absolute atomic E-state index is 8.66. The highest BCUT2D eigenvalue weighted by Crippen LogP contribution is 2.34. The van der Waals surface area contributed by atoms with Crippen molar-refractivity contribution in [2.75, 3.05) is 14.2 Å². The molecule has 0 unspecified atom stereocenters. The van der Waals surface area contributed by atoms with E-state index in [0.29, 0.717) is 22.0 Å². The summed E-state index contributed by atoms with van der Waals surface area (Å²) in [5.41, 5.74) is 2.47. The van der Waals surface area contributed by atoms with E-state index < -0.39 is 0 Å². The van der Waals surface area contributed by atoms with E-state index in [1.807, 2.05) is 0 Å². The van der Waals surface area contributed by atoms with E-state index in [4.69, 9.17) is 20.1 Å². The molecule has 0 saturated heterocycles. The fourth-order valence-electron chi connectivity index (χ4n) is 1.41. The Labute approximate surface area is 113 Å². The van der Waals surface area contributed by atoms with Crippen molar-refractivity contribution in [1.82, 2.24) is 10.5 Å². The van der Waals surface area contributed by atoms with Gasteiger partial charge in [0.2, 0.25) is 0 Å². The molecular formula is C10H12ClN3O3S. The highest BCUT2D eigenvalue weighted by molar-refractivity contribution is 7.20. The Hall–Kier alpha value is -1.57. The average Bonchev–Trinajstić information content (AvgIpc) is 2.78. The number of nitrogens with one attached hydrogen (secondary N) is 2. The maximum Gasteiger partial charge on any atom is 0.178 e. The third-order valence-electron chi connectivity index (χ3n) is 2.22. The van der Waals surface area contributed by atoms with Crippen LogP contribution in [0.3, 0.4) is 0 Å². The number of nitrogens with zero attached hydrogens (tertiary/aromatic N) is 1. The fraction of sp³-hybridized carbons (Fsp3) is 0.200. The summed E-state index contributed by atoms with van der Waals surface area (Å²) in [7, 11) is 3.11. The van der Waals surface area contributed by atoms with E-state index >= 15 is 0 Å². The van der Waals surface area contributed by atoms with E-state index in [9.17, 15) is 0 Å². The summed E-state index contributed by atoms with van der Waals surface area (Å²) in [5, 5.41) is 16.5. The number of benzene rings is 1. The van der Waals surface area contributed by atoms with Gasteiger partial charge in [-0.1, -0.05) is 0 Å². The average molecular weight is 290 g/mol. The standard InChI is InChI=1S/C10H11N3O3S.ClH/c1-15-6-3-5-8(4-7(6)16-2)17-10(12-5)9(11)13-14;/h3-4,14H,1-2H3,(H2,11,13);1H. The van der Waals surface area contributed by atoms with Crippen LogP contribution in [0.5, 0.6) is 11.5 Å². The van der Waals surface area contributed by atoms with Crippen LogP contribution in [0.1, 0.15) is 5.01 Å². The Bertz CT molecular complexity index is 532. The molecule has 8 heteroatoms. The summed E-state index contributed by atoms with van der Waals surface area (Å²) >= 11 is 1.28. The highest BCUT2D eigenvalue weighted by atomic mass is 35.5. The number of ether oxygens (including phenoxy) is 2. The van der Waals surface area contributed by atoms with Crippen molar-refractivity contribution >= 4 is 39.8 Å². The van der Waals surface area contributed by atoms with Gasteiger partial charge in [-0.15, -0.1) is 23.7 Å². The van der Waals surface area contributed by atoms with Gasteiger partial charge in [0.15, 0.2) is 22.3 Å². The largest absolute Gasteiger partial charge is 0.493 e. The molecular weight excluding hydrogens is 278 g/mol. The zero-order chi connectivity index (χ0) is 12.4. The first kappa shape index (κ1) is 14.5. The van der Waals surface area contributed by atoms with E-state index in [0.717, 1.165) is 4.70 Å². The number of fused-ring (bicyclic) bond motifs is 1. The molecule has 2 aromatic rings. The molecule has 1 aromatic carbocycles. The lowest BCUT2D eigenvalue weighted by Gasteiger charge is -2.05. The first-order chi connectivity index (χ1) is 8.19. The Balaban J connectivity index is 0.00000162. The number of methoxy groups -OCH3 is 2. The van der Waals surface area contributed by atoms with Crippen LogP contribution in [0.15, 0.2) is 12.1 Å². The molecule has 98 valence electrons. The summed E-state index contributed by atoms with van der Waals surface area (Å²) < 4.78 is 11.2. The molecule has 6 nitrogen and oxygen atoms in total. The van der Waals surface area contributed by atoms with Crippen molar-refractivity contribution in [2.45, 2.75) is 0 Å². The minimum absolute atomic E-state index is 0. The van der Waals surface area contributed by atoms with Crippen LogP contribution in [0.2, 0.25) is 0 Å². The Morgan fingerprint density at radius 1 is 1.33 bits per heavy atom. The summed E-state index contributed by atoms with van der Waals surface area (Å²) in [4.78, 5) is 4.20. The van der Waals surface area contributed by atoms with Crippen LogP contribution in [-0.4, -0.2) is 30.2 Å². The number of thiazole rings is 1. The van der Waals surface area contributed by atoms with Crippen molar-refractivity contribution in [1.29, 1.82) is 5.41 Å². The van der Waals surface area contributed by atoms with Gasteiger partial charge in [-0.05, 0) is 0 Å². The molecule has 0 atom stereocenters. The molecule has 2 rings (SSSR count). The second-order valence-electron chi connectivity index (χ2n) is 3.18. The van der Waals surface area contributed by atoms with Gasteiger partial charge in [0.25, 0.3) is 0 Å². The maximum atomic E-state index is 8.66. The van der Waals surface area contributed by atoms with E-state index in [1.165, 1.54) is 11.3 Å². The quantitative estimate of drug-likeness (QED) is 0.457. The van der Waals surface area contributed by atoms with Gasteiger partial charge < -0.3 is 9.47 Å². The monoisotopic (exact) mass is 289 g/mol. The molecule has 0 aliphatic heterocycles. The van der Waals surface area contributed by atoms with Gasteiger partial charge in [-0.2, -0.15) is 0 Å². The molecule has 18 heavy (non-hydrogen) atoms. The second kappa shape index (κ2) is 5.85. The lowest BCUT2D eigenvalue weighted by Crippen LogP contribution is -2.18. The summed E-state index contributed by atoms with van der Waals surface area (Å²) in [6.07, 6.45) is 0. The molecule has 0 aliphatic carbocycles. The van der Waals surface area contributed by atoms with Gasteiger partial charge in [0, 0.05) is 12.1 Å². The number of halogens is 1. The van der Waals surface area contributed by atoms with Gasteiger partial charge in [0.1, 0.15) is 0 Å². The SMILES string of the molecule is COc1cc2nc(C(=N)NO)sc2cc1OC.Cl. The Morgan fingerprint density at radius 3 is 2.50 bits per heavy atom. The van der Waals surface area contributed by atoms with Gasteiger partial charge in [-0.3, -0.25) is 16.1 Å². The first-order valence-corrected chi connectivity index (χ1v) is 5.53. The van der Waals surface area contributed by atoms with Gasteiger partial charge in [-0.25, -0.2) is 4.98 Å². The first-order valence-electron chi connectivity index (χ1n) is 4.71. The summed E-state index contributed by atoms with van der Waals surface area (Å²) in [5.74, 6) is 1.06. The number of hydroxylamine groups is 1. The van der Waals surface area contributed by atoms with E-state index in [1.54, 1.807) is 31.8 Å². The molecule has 0 amide bonds. The predicted molar refractivity (Wildman–Crippen MR) is 71.7 cm³/mol. The summed E-state index contributed by atoms with van der Waals surface area (Å²) in [6, 6.07) is 3.53.